The smallest absolute Gasteiger partial charge is 0.256 e. The lowest BCUT2D eigenvalue weighted by Crippen LogP contribution is -2.47. The molecule has 2 aliphatic rings. The van der Waals surface area contributed by atoms with Crippen LogP contribution in [0.15, 0.2) is 53.7 Å². The van der Waals surface area contributed by atoms with E-state index in [1.165, 1.54) is 16.7 Å². The van der Waals surface area contributed by atoms with Gasteiger partial charge in [0.2, 0.25) is 5.91 Å². The van der Waals surface area contributed by atoms with Gasteiger partial charge in [0.15, 0.2) is 0 Å². The summed E-state index contributed by atoms with van der Waals surface area (Å²) < 4.78 is 0. The van der Waals surface area contributed by atoms with Crippen molar-refractivity contribution in [3.63, 3.8) is 0 Å². The van der Waals surface area contributed by atoms with Crippen molar-refractivity contribution in [1.82, 2.24) is 9.88 Å². The highest BCUT2D eigenvalue weighted by molar-refractivity contribution is 7.99. The number of rotatable bonds is 3. The molecule has 0 aliphatic carbocycles. The van der Waals surface area contributed by atoms with Gasteiger partial charge in [0.25, 0.3) is 11.8 Å². The van der Waals surface area contributed by atoms with E-state index in [0.29, 0.717) is 24.2 Å². The van der Waals surface area contributed by atoms with Crippen molar-refractivity contribution in [2.45, 2.75) is 23.9 Å². The summed E-state index contributed by atoms with van der Waals surface area (Å²) in [4.78, 5) is 45.8. The van der Waals surface area contributed by atoms with Crippen LogP contribution in [0.2, 0.25) is 0 Å². The molecule has 3 heterocycles. The summed E-state index contributed by atoms with van der Waals surface area (Å²) in [6.07, 6.45) is 3.03. The van der Waals surface area contributed by atoms with Crippen LogP contribution in [0.5, 0.6) is 0 Å². The number of imide groups is 1. The molecular weight excluding hydrogens is 350 g/mol. The molecule has 7 heteroatoms. The summed E-state index contributed by atoms with van der Waals surface area (Å²) >= 11 is 1.28. The number of hydrogen-bond acceptors (Lipinski definition) is 5. The summed E-state index contributed by atoms with van der Waals surface area (Å²) in [5.74, 6) is -0.742. The summed E-state index contributed by atoms with van der Waals surface area (Å²) in [5, 5.41) is 0.718. The highest BCUT2D eigenvalue weighted by atomic mass is 32.2. The number of anilines is 1. The molecule has 1 aromatic carbocycles. The third-order valence-electron chi connectivity index (χ3n) is 4.63. The maximum atomic E-state index is 13.1. The Kier molecular flexibility index (Phi) is 4.46. The van der Waals surface area contributed by atoms with Crippen LogP contribution >= 0.6 is 11.8 Å². The van der Waals surface area contributed by atoms with Gasteiger partial charge >= 0.3 is 0 Å². The first kappa shape index (κ1) is 16.8. The number of nitrogens with zero attached hydrogens (tertiary/aromatic N) is 3. The molecule has 6 nitrogen and oxygen atoms in total. The normalized spacial score (nSPS) is 19.2. The maximum Gasteiger partial charge on any atom is 0.256 e. The number of aromatic nitrogens is 1. The minimum absolute atomic E-state index is 0.0813. The van der Waals surface area contributed by atoms with Crippen molar-refractivity contribution < 1.29 is 14.4 Å². The van der Waals surface area contributed by atoms with Crippen LogP contribution in [0.3, 0.4) is 0 Å². The molecule has 2 aliphatic heterocycles. The van der Waals surface area contributed by atoms with Crippen molar-refractivity contribution in [2.24, 2.45) is 0 Å². The first-order valence-corrected chi connectivity index (χ1v) is 9.46. The molecule has 1 fully saturated rings. The topological polar surface area (TPSA) is 70.6 Å². The van der Waals surface area contributed by atoms with Crippen molar-refractivity contribution in [2.75, 3.05) is 17.2 Å². The molecule has 2 aromatic rings. The highest BCUT2D eigenvalue weighted by Gasteiger charge is 2.43. The van der Waals surface area contributed by atoms with E-state index in [1.54, 1.807) is 41.4 Å². The van der Waals surface area contributed by atoms with Gasteiger partial charge in [0, 0.05) is 12.7 Å². The zero-order valence-electron chi connectivity index (χ0n) is 14.0. The zero-order valence-corrected chi connectivity index (χ0v) is 14.8. The van der Waals surface area contributed by atoms with Gasteiger partial charge in [-0.05, 0) is 37.1 Å². The van der Waals surface area contributed by atoms with Crippen molar-refractivity contribution in [3.05, 3.63) is 54.2 Å². The number of carbonyl (C=O) groups is 3. The van der Waals surface area contributed by atoms with Crippen LogP contribution in [0, 0.1) is 0 Å². The predicted molar refractivity (Wildman–Crippen MR) is 98.0 cm³/mol. The molecule has 132 valence electrons. The SMILES string of the molecule is O=C(CSc1ccccn1)N1C(=O)C2CCCN2C(=O)c2ccccc21. The van der Waals surface area contributed by atoms with Crippen molar-refractivity contribution in [1.29, 1.82) is 0 Å². The Hall–Kier alpha value is -2.67. The Bertz CT molecular complexity index is 871. The first-order valence-electron chi connectivity index (χ1n) is 8.47. The van der Waals surface area contributed by atoms with E-state index >= 15 is 0 Å². The third kappa shape index (κ3) is 2.88. The van der Waals surface area contributed by atoms with E-state index in [1.807, 2.05) is 12.1 Å². The van der Waals surface area contributed by atoms with Gasteiger partial charge < -0.3 is 4.90 Å². The van der Waals surface area contributed by atoms with E-state index in [4.69, 9.17) is 0 Å². The Balaban J connectivity index is 1.66. The van der Waals surface area contributed by atoms with Gasteiger partial charge in [-0.15, -0.1) is 0 Å². The Morgan fingerprint density at radius 1 is 1.15 bits per heavy atom. The molecular formula is C19H17N3O3S. The molecule has 1 saturated heterocycles. The lowest BCUT2D eigenvalue weighted by molar-refractivity contribution is -0.127. The zero-order chi connectivity index (χ0) is 18.1. The Labute approximate surface area is 155 Å². The molecule has 0 saturated carbocycles. The molecule has 1 unspecified atom stereocenters. The highest BCUT2D eigenvalue weighted by Crippen LogP contribution is 2.33. The minimum atomic E-state index is -0.557. The van der Waals surface area contributed by atoms with Crippen LogP contribution in [-0.4, -0.2) is 45.9 Å². The van der Waals surface area contributed by atoms with Gasteiger partial charge in [-0.25, -0.2) is 9.88 Å². The molecule has 3 amide bonds. The molecule has 0 N–H and O–H groups in total. The fraction of sp³-hybridized carbons (Fsp3) is 0.263. The van der Waals surface area contributed by atoms with Crippen LogP contribution < -0.4 is 4.90 Å². The summed E-state index contributed by atoms with van der Waals surface area (Å²) in [7, 11) is 0. The lowest BCUT2D eigenvalue weighted by Gasteiger charge is -2.24. The number of amides is 3. The first-order chi connectivity index (χ1) is 12.7. The van der Waals surface area contributed by atoms with Gasteiger partial charge in [-0.2, -0.15) is 0 Å². The standard InChI is InChI=1S/C19H17N3O3S/c23-17(12-26-16-9-3-4-10-20-16)22-14-7-2-1-6-13(14)18(24)21-11-5-8-15(21)19(22)25/h1-4,6-7,9-10,15H,5,8,11-12H2. The van der Waals surface area contributed by atoms with Crippen molar-refractivity contribution in [3.8, 4) is 0 Å². The third-order valence-corrected chi connectivity index (χ3v) is 5.55. The number of carbonyl (C=O) groups excluding carboxylic acids is 3. The summed E-state index contributed by atoms with van der Waals surface area (Å²) in [5.41, 5.74) is 0.782. The summed E-state index contributed by atoms with van der Waals surface area (Å²) in [6.45, 7) is 0.550. The van der Waals surface area contributed by atoms with E-state index in [0.717, 1.165) is 11.4 Å². The fourth-order valence-electron chi connectivity index (χ4n) is 3.43. The second-order valence-electron chi connectivity index (χ2n) is 6.20. The van der Waals surface area contributed by atoms with E-state index in [2.05, 4.69) is 4.98 Å². The number of para-hydroxylation sites is 1. The average molecular weight is 367 g/mol. The minimum Gasteiger partial charge on any atom is -0.327 e. The number of hydrogen-bond donors (Lipinski definition) is 0. The van der Waals surface area contributed by atoms with Crippen LogP contribution in [0.25, 0.3) is 0 Å². The lowest BCUT2D eigenvalue weighted by atomic mass is 10.1. The Morgan fingerprint density at radius 2 is 1.96 bits per heavy atom. The number of fused-ring (bicyclic) bond motifs is 2. The van der Waals surface area contributed by atoms with Gasteiger partial charge in [0.05, 0.1) is 22.0 Å². The second-order valence-corrected chi connectivity index (χ2v) is 7.19. The molecule has 0 spiro atoms. The number of pyridine rings is 1. The second kappa shape index (κ2) is 6.92. The molecule has 26 heavy (non-hydrogen) atoms. The maximum absolute atomic E-state index is 13.1. The Morgan fingerprint density at radius 3 is 2.77 bits per heavy atom. The predicted octanol–water partition coefficient (Wildman–Crippen LogP) is 2.35. The quantitative estimate of drug-likeness (QED) is 0.779. The molecule has 0 bridgehead atoms. The molecule has 0 radical (unpaired) electrons. The van der Waals surface area contributed by atoms with Gasteiger partial charge in [-0.3, -0.25) is 14.4 Å². The van der Waals surface area contributed by atoms with E-state index < -0.39 is 6.04 Å². The average Bonchev–Trinajstić information content (AvgIpc) is 3.14. The number of thioether (sulfide) groups is 1. The van der Waals surface area contributed by atoms with E-state index in [9.17, 15) is 14.4 Å². The largest absolute Gasteiger partial charge is 0.327 e. The summed E-state index contributed by atoms with van der Waals surface area (Å²) in [6, 6.07) is 11.7. The monoisotopic (exact) mass is 367 g/mol. The van der Waals surface area contributed by atoms with Crippen molar-refractivity contribution >= 4 is 35.2 Å². The van der Waals surface area contributed by atoms with Gasteiger partial charge in [-0.1, -0.05) is 30.0 Å². The van der Waals surface area contributed by atoms with Crippen LogP contribution in [-0.2, 0) is 9.59 Å². The molecule has 4 rings (SSSR count). The fourth-order valence-corrected chi connectivity index (χ4v) is 4.14. The van der Waals surface area contributed by atoms with E-state index in [-0.39, 0.29) is 23.5 Å². The van der Waals surface area contributed by atoms with Crippen LogP contribution in [0.4, 0.5) is 5.69 Å². The van der Waals surface area contributed by atoms with Gasteiger partial charge in [0.1, 0.15) is 6.04 Å². The molecule has 1 aromatic heterocycles. The van der Waals surface area contributed by atoms with Crippen LogP contribution in [0.1, 0.15) is 23.2 Å². The molecule has 1 atom stereocenters. The number of benzene rings is 1.